The van der Waals surface area contributed by atoms with Crippen molar-refractivity contribution in [3.05, 3.63) is 35.9 Å². The molecule has 0 aliphatic carbocycles. The van der Waals surface area contributed by atoms with Crippen molar-refractivity contribution in [3.8, 4) is 0 Å². The van der Waals surface area contributed by atoms with Gasteiger partial charge in [-0.2, -0.15) is 0 Å². The molecule has 1 aromatic rings. The van der Waals surface area contributed by atoms with Crippen molar-refractivity contribution in [2.24, 2.45) is 5.73 Å². The number of likely N-dealkylation sites (tertiary alicyclic amines) is 1. The van der Waals surface area contributed by atoms with E-state index in [1.807, 2.05) is 13.0 Å². The van der Waals surface area contributed by atoms with Crippen LogP contribution < -0.4 is 11.1 Å². The molecule has 1 aliphatic heterocycles. The van der Waals surface area contributed by atoms with Crippen LogP contribution in [0.15, 0.2) is 30.3 Å². The molecule has 0 saturated carbocycles. The topological polar surface area (TPSA) is 58.4 Å². The fraction of sp³-hybridized carbons (Fsp3) is 0.562. The molecule has 2 rings (SSSR count). The molecule has 3 unspecified atom stereocenters. The third-order valence-electron chi connectivity index (χ3n) is 3.92. The van der Waals surface area contributed by atoms with E-state index in [0.717, 1.165) is 19.5 Å². The maximum atomic E-state index is 11.7. The van der Waals surface area contributed by atoms with Gasteiger partial charge in [0.05, 0.1) is 0 Å². The number of benzene rings is 1. The molecule has 1 heterocycles. The Morgan fingerprint density at radius 3 is 2.75 bits per heavy atom. The lowest BCUT2D eigenvalue weighted by Crippen LogP contribution is -2.39. The number of nitrogens with two attached hydrogens (primary N) is 1. The van der Waals surface area contributed by atoms with Crippen LogP contribution in [0.2, 0.25) is 0 Å². The highest BCUT2D eigenvalue weighted by atomic mass is 16.1. The number of hydrogen-bond donors (Lipinski definition) is 2. The first-order valence-electron chi connectivity index (χ1n) is 7.40. The quantitative estimate of drug-likeness (QED) is 0.859. The van der Waals surface area contributed by atoms with Crippen molar-refractivity contribution in [2.45, 2.75) is 44.8 Å². The summed E-state index contributed by atoms with van der Waals surface area (Å²) in [5, 5.41) is 3.09. The van der Waals surface area contributed by atoms with Crippen LogP contribution in [-0.4, -0.2) is 36.0 Å². The number of carbonyl (C=O) groups excluding carboxylic acids is 1. The minimum atomic E-state index is -0.0734. The second-order valence-corrected chi connectivity index (χ2v) is 5.82. The Kier molecular flexibility index (Phi) is 5.15. The molecular formula is C16H25N3O. The van der Waals surface area contributed by atoms with E-state index >= 15 is 0 Å². The van der Waals surface area contributed by atoms with Gasteiger partial charge in [0.25, 0.3) is 0 Å². The van der Waals surface area contributed by atoms with Gasteiger partial charge in [-0.1, -0.05) is 30.3 Å². The zero-order valence-electron chi connectivity index (χ0n) is 12.4. The van der Waals surface area contributed by atoms with Gasteiger partial charge >= 0.3 is 0 Å². The lowest BCUT2D eigenvalue weighted by molar-refractivity contribution is -0.121. The smallest absolute Gasteiger partial charge is 0.221 e. The molecule has 3 atom stereocenters. The molecule has 0 radical (unpaired) electrons. The fourth-order valence-electron chi connectivity index (χ4n) is 2.78. The molecule has 110 valence electrons. The highest BCUT2D eigenvalue weighted by molar-refractivity contribution is 5.76. The number of nitrogens with one attached hydrogen (secondary N) is 1. The Labute approximate surface area is 121 Å². The Bertz CT molecular complexity index is 433. The summed E-state index contributed by atoms with van der Waals surface area (Å²) in [6.45, 7) is 6.03. The Hall–Kier alpha value is -1.39. The number of nitrogens with zero attached hydrogens (tertiary/aromatic N) is 1. The first kappa shape index (κ1) is 15.0. The van der Waals surface area contributed by atoms with Crippen molar-refractivity contribution < 1.29 is 4.79 Å². The number of rotatable bonds is 5. The maximum Gasteiger partial charge on any atom is 0.221 e. The second-order valence-electron chi connectivity index (χ2n) is 5.82. The molecule has 4 nitrogen and oxygen atoms in total. The summed E-state index contributed by atoms with van der Waals surface area (Å²) in [5.74, 6) is 0.0687. The Morgan fingerprint density at radius 1 is 1.40 bits per heavy atom. The van der Waals surface area contributed by atoms with Crippen molar-refractivity contribution >= 4 is 5.91 Å². The van der Waals surface area contributed by atoms with Gasteiger partial charge in [-0.3, -0.25) is 9.69 Å². The summed E-state index contributed by atoms with van der Waals surface area (Å²) in [5.41, 5.74) is 6.98. The molecule has 0 spiro atoms. The van der Waals surface area contributed by atoms with Gasteiger partial charge in [-0.05, 0) is 25.8 Å². The average molecular weight is 275 g/mol. The van der Waals surface area contributed by atoms with Crippen LogP contribution in [0.4, 0.5) is 0 Å². The van der Waals surface area contributed by atoms with Crippen molar-refractivity contribution in [1.29, 1.82) is 0 Å². The first-order chi connectivity index (χ1) is 9.56. The summed E-state index contributed by atoms with van der Waals surface area (Å²) in [4.78, 5) is 14.2. The molecule has 1 aromatic carbocycles. The molecule has 1 amide bonds. The minimum absolute atomic E-state index is 0.0687. The molecule has 3 N–H and O–H groups in total. The number of carbonyl (C=O) groups is 1. The first-order valence-corrected chi connectivity index (χ1v) is 7.40. The summed E-state index contributed by atoms with van der Waals surface area (Å²) >= 11 is 0. The van der Waals surface area contributed by atoms with Crippen LogP contribution in [0.1, 0.15) is 38.3 Å². The Morgan fingerprint density at radius 2 is 2.10 bits per heavy atom. The van der Waals surface area contributed by atoms with Gasteiger partial charge in [0.2, 0.25) is 5.91 Å². The minimum Gasteiger partial charge on any atom is -0.352 e. The van der Waals surface area contributed by atoms with E-state index in [1.165, 1.54) is 5.56 Å². The third kappa shape index (κ3) is 4.05. The van der Waals surface area contributed by atoms with Crippen LogP contribution in [0.5, 0.6) is 0 Å². The zero-order chi connectivity index (χ0) is 14.5. The van der Waals surface area contributed by atoms with Gasteiger partial charge in [0.15, 0.2) is 0 Å². The van der Waals surface area contributed by atoms with Crippen molar-refractivity contribution in [1.82, 2.24) is 10.2 Å². The lowest BCUT2D eigenvalue weighted by atomic mass is 10.1. The predicted molar refractivity (Wildman–Crippen MR) is 81.2 cm³/mol. The highest BCUT2D eigenvalue weighted by Gasteiger charge is 2.27. The second kappa shape index (κ2) is 6.86. The van der Waals surface area contributed by atoms with Crippen LogP contribution in [0.3, 0.4) is 0 Å². The average Bonchev–Trinajstić information content (AvgIpc) is 2.86. The van der Waals surface area contributed by atoms with Crippen LogP contribution in [0, 0.1) is 0 Å². The third-order valence-corrected chi connectivity index (χ3v) is 3.92. The van der Waals surface area contributed by atoms with E-state index in [1.54, 1.807) is 0 Å². The van der Waals surface area contributed by atoms with E-state index in [2.05, 4.69) is 41.4 Å². The summed E-state index contributed by atoms with van der Waals surface area (Å²) in [7, 11) is 0. The van der Waals surface area contributed by atoms with E-state index in [-0.39, 0.29) is 18.0 Å². The van der Waals surface area contributed by atoms with E-state index in [9.17, 15) is 4.79 Å². The Balaban J connectivity index is 1.84. The van der Waals surface area contributed by atoms with E-state index < -0.39 is 0 Å². The molecular weight excluding hydrogens is 250 g/mol. The van der Waals surface area contributed by atoms with Gasteiger partial charge in [0, 0.05) is 37.6 Å². The van der Waals surface area contributed by atoms with E-state index in [0.29, 0.717) is 12.5 Å². The van der Waals surface area contributed by atoms with Crippen LogP contribution >= 0.6 is 0 Å². The zero-order valence-corrected chi connectivity index (χ0v) is 12.4. The van der Waals surface area contributed by atoms with Crippen molar-refractivity contribution in [2.75, 3.05) is 13.1 Å². The SMILES string of the molecule is CC(N)CC(=O)NC1CCN(C(C)c2ccccc2)C1. The molecule has 20 heavy (non-hydrogen) atoms. The summed E-state index contributed by atoms with van der Waals surface area (Å²) < 4.78 is 0. The normalized spacial score (nSPS) is 22.4. The van der Waals surface area contributed by atoms with Crippen LogP contribution in [-0.2, 0) is 4.79 Å². The molecule has 0 aromatic heterocycles. The predicted octanol–water partition coefficient (Wildman–Crippen LogP) is 1.68. The fourth-order valence-corrected chi connectivity index (χ4v) is 2.78. The molecule has 4 heteroatoms. The summed E-state index contributed by atoms with van der Waals surface area (Å²) in [6, 6.07) is 11.1. The number of hydrogen-bond acceptors (Lipinski definition) is 3. The van der Waals surface area contributed by atoms with E-state index in [4.69, 9.17) is 5.73 Å². The monoisotopic (exact) mass is 275 g/mol. The van der Waals surface area contributed by atoms with Crippen molar-refractivity contribution in [3.63, 3.8) is 0 Å². The standard InChI is InChI=1S/C16H25N3O/c1-12(17)10-16(20)18-15-8-9-19(11-15)13(2)14-6-4-3-5-7-14/h3-7,12-13,15H,8-11,17H2,1-2H3,(H,18,20). The van der Waals surface area contributed by atoms with Gasteiger partial charge < -0.3 is 11.1 Å². The highest BCUT2D eigenvalue weighted by Crippen LogP contribution is 2.24. The van der Waals surface area contributed by atoms with Gasteiger partial charge in [-0.25, -0.2) is 0 Å². The molecule has 1 fully saturated rings. The number of amides is 1. The molecule has 1 aliphatic rings. The lowest BCUT2D eigenvalue weighted by Gasteiger charge is -2.24. The largest absolute Gasteiger partial charge is 0.352 e. The molecule has 0 bridgehead atoms. The van der Waals surface area contributed by atoms with Gasteiger partial charge in [-0.15, -0.1) is 0 Å². The van der Waals surface area contributed by atoms with Gasteiger partial charge in [0.1, 0.15) is 0 Å². The maximum absolute atomic E-state index is 11.7. The molecule has 1 saturated heterocycles. The van der Waals surface area contributed by atoms with Crippen LogP contribution in [0.25, 0.3) is 0 Å². The summed E-state index contributed by atoms with van der Waals surface area (Å²) in [6.07, 6.45) is 1.42.